The zero-order valence-corrected chi connectivity index (χ0v) is 16.3. The van der Waals surface area contributed by atoms with Crippen molar-refractivity contribution in [2.75, 3.05) is 44.2 Å². The number of likely N-dealkylation sites (tertiary alicyclic amines) is 1. The Kier molecular flexibility index (Phi) is 5.54. The summed E-state index contributed by atoms with van der Waals surface area (Å²) in [5, 5.41) is 0. The third-order valence-corrected chi connectivity index (χ3v) is 5.41. The van der Waals surface area contributed by atoms with E-state index in [0.717, 1.165) is 45.6 Å². The Morgan fingerprint density at radius 2 is 1.58 bits per heavy atom. The second-order valence-corrected chi connectivity index (χ2v) is 8.49. The fraction of sp³-hybridized carbons (Fsp3) is 0.619. The van der Waals surface area contributed by atoms with Crippen LogP contribution in [0.1, 0.15) is 33.6 Å². The minimum atomic E-state index is -0.383. The van der Waals surface area contributed by atoms with Crippen molar-refractivity contribution in [3.8, 4) is 0 Å². The van der Waals surface area contributed by atoms with Crippen LogP contribution in [0.15, 0.2) is 30.3 Å². The van der Waals surface area contributed by atoms with Crippen molar-refractivity contribution in [1.29, 1.82) is 0 Å². The molecule has 0 bridgehead atoms. The van der Waals surface area contributed by atoms with Crippen molar-refractivity contribution in [3.63, 3.8) is 0 Å². The molecule has 0 unspecified atom stereocenters. The highest BCUT2D eigenvalue weighted by Crippen LogP contribution is 2.25. The van der Waals surface area contributed by atoms with E-state index in [0.29, 0.717) is 6.54 Å². The molecule has 1 aromatic rings. The molecular formula is C21H31N3O2. The van der Waals surface area contributed by atoms with E-state index >= 15 is 0 Å². The number of hydrogen-bond donors (Lipinski definition) is 0. The molecule has 0 N–H and O–H groups in total. The summed E-state index contributed by atoms with van der Waals surface area (Å²) in [6.07, 6.45) is 1.81. The van der Waals surface area contributed by atoms with Gasteiger partial charge in [0.2, 0.25) is 11.8 Å². The number of anilines is 1. The summed E-state index contributed by atoms with van der Waals surface area (Å²) in [5.41, 5.74) is 0.839. The smallest absolute Gasteiger partial charge is 0.227 e. The monoisotopic (exact) mass is 357 g/mol. The highest BCUT2D eigenvalue weighted by molar-refractivity contribution is 5.84. The first kappa shape index (κ1) is 18.7. The molecule has 2 aliphatic heterocycles. The molecule has 0 aromatic heterocycles. The van der Waals surface area contributed by atoms with Crippen LogP contribution in [-0.4, -0.2) is 60.9 Å². The predicted octanol–water partition coefficient (Wildman–Crippen LogP) is 2.62. The van der Waals surface area contributed by atoms with Crippen LogP contribution < -0.4 is 4.90 Å². The number of rotatable bonds is 2. The van der Waals surface area contributed by atoms with Crippen LogP contribution in [0.2, 0.25) is 0 Å². The van der Waals surface area contributed by atoms with Crippen LogP contribution in [0.3, 0.4) is 0 Å². The van der Waals surface area contributed by atoms with Crippen LogP contribution >= 0.6 is 0 Å². The number of carbonyl (C=O) groups excluding carboxylic acids is 2. The van der Waals surface area contributed by atoms with Crippen molar-refractivity contribution >= 4 is 17.5 Å². The fourth-order valence-corrected chi connectivity index (χ4v) is 3.92. The number of piperazine rings is 1. The Morgan fingerprint density at radius 1 is 0.923 bits per heavy atom. The van der Waals surface area contributed by atoms with Gasteiger partial charge in [-0.15, -0.1) is 0 Å². The lowest BCUT2D eigenvalue weighted by atomic mass is 9.90. The van der Waals surface area contributed by atoms with E-state index in [4.69, 9.17) is 0 Å². The van der Waals surface area contributed by atoms with E-state index in [-0.39, 0.29) is 23.1 Å². The maximum atomic E-state index is 13.0. The van der Waals surface area contributed by atoms with E-state index in [1.165, 1.54) is 5.69 Å². The quantitative estimate of drug-likeness (QED) is 0.817. The van der Waals surface area contributed by atoms with Gasteiger partial charge in [-0.1, -0.05) is 39.0 Å². The Labute approximate surface area is 156 Å². The van der Waals surface area contributed by atoms with Gasteiger partial charge in [0.25, 0.3) is 0 Å². The molecule has 5 heteroatoms. The first-order chi connectivity index (χ1) is 12.4. The Hall–Kier alpha value is -2.04. The summed E-state index contributed by atoms with van der Waals surface area (Å²) >= 11 is 0. The number of para-hydroxylation sites is 1. The highest BCUT2D eigenvalue weighted by Gasteiger charge is 2.35. The average molecular weight is 357 g/mol. The molecule has 2 heterocycles. The number of carbonyl (C=O) groups is 2. The molecular weight excluding hydrogens is 326 g/mol. The maximum absolute atomic E-state index is 13.0. The Morgan fingerprint density at radius 3 is 2.19 bits per heavy atom. The van der Waals surface area contributed by atoms with Gasteiger partial charge in [0, 0.05) is 50.4 Å². The SMILES string of the molecule is CC(C)(C)C(=O)N1CCC[C@@H](C(=O)N2CCN(c3ccccc3)CC2)C1. The van der Waals surface area contributed by atoms with Gasteiger partial charge in [0.1, 0.15) is 0 Å². The molecule has 0 aliphatic carbocycles. The molecule has 2 amide bonds. The largest absolute Gasteiger partial charge is 0.368 e. The first-order valence-corrected chi connectivity index (χ1v) is 9.74. The van der Waals surface area contributed by atoms with Crippen LogP contribution in [0, 0.1) is 11.3 Å². The van der Waals surface area contributed by atoms with E-state index in [9.17, 15) is 9.59 Å². The number of nitrogens with zero attached hydrogens (tertiary/aromatic N) is 3. The van der Waals surface area contributed by atoms with E-state index in [1.54, 1.807) is 0 Å². The number of piperidine rings is 1. The third-order valence-electron chi connectivity index (χ3n) is 5.41. The average Bonchev–Trinajstić information content (AvgIpc) is 2.67. The summed E-state index contributed by atoms with van der Waals surface area (Å²) in [7, 11) is 0. The summed E-state index contributed by atoms with van der Waals surface area (Å²) in [5.74, 6) is 0.339. The molecule has 2 saturated heterocycles. The van der Waals surface area contributed by atoms with Crippen molar-refractivity contribution in [2.24, 2.45) is 11.3 Å². The van der Waals surface area contributed by atoms with Crippen molar-refractivity contribution in [2.45, 2.75) is 33.6 Å². The maximum Gasteiger partial charge on any atom is 0.227 e. The summed E-state index contributed by atoms with van der Waals surface area (Å²) in [6.45, 7) is 10.5. The molecule has 142 valence electrons. The predicted molar refractivity (Wildman–Crippen MR) is 104 cm³/mol. The second kappa shape index (κ2) is 7.68. The van der Waals surface area contributed by atoms with Crippen molar-refractivity contribution in [3.05, 3.63) is 30.3 Å². The highest BCUT2D eigenvalue weighted by atomic mass is 16.2. The van der Waals surface area contributed by atoms with E-state index < -0.39 is 0 Å². The molecule has 0 spiro atoms. The topological polar surface area (TPSA) is 43.9 Å². The molecule has 2 fully saturated rings. The van der Waals surface area contributed by atoms with Crippen LogP contribution in [0.25, 0.3) is 0 Å². The number of benzene rings is 1. The molecule has 1 aromatic carbocycles. The molecule has 1 atom stereocenters. The lowest BCUT2D eigenvalue weighted by molar-refractivity contribution is -0.145. The number of hydrogen-bond acceptors (Lipinski definition) is 3. The van der Waals surface area contributed by atoms with Crippen LogP contribution in [0.5, 0.6) is 0 Å². The van der Waals surface area contributed by atoms with Crippen molar-refractivity contribution < 1.29 is 9.59 Å². The molecule has 3 rings (SSSR count). The summed E-state index contributed by atoms with van der Waals surface area (Å²) < 4.78 is 0. The zero-order chi connectivity index (χ0) is 18.7. The molecule has 0 radical (unpaired) electrons. The van der Waals surface area contributed by atoms with Crippen LogP contribution in [0.4, 0.5) is 5.69 Å². The second-order valence-electron chi connectivity index (χ2n) is 8.49. The minimum Gasteiger partial charge on any atom is -0.368 e. The van der Waals surface area contributed by atoms with Gasteiger partial charge in [0.05, 0.1) is 5.92 Å². The molecule has 0 saturated carbocycles. The van der Waals surface area contributed by atoms with Crippen molar-refractivity contribution in [1.82, 2.24) is 9.80 Å². The van der Waals surface area contributed by atoms with Crippen LogP contribution in [-0.2, 0) is 9.59 Å². The first-order valence-electron chi connectivity index (χ1n) is 9.74. The Balaban J connectivity index is 1.56. The lowest BCUT2D eigenvalue weighted by Gasteiger charge is -2.40. The normalized spacial score (nSPS) is 21.7. The summed E-state index contributed by atoms with van der Waals surface area (Å²) in [4.78, 5) is 31.8. The van der Waals surface area contributed by atoms with Gasteiger partial charge in [-0.25, -0.2) is 0 Å². The zero-order valence-electron chi connectivity index (χ0n) is 16.3. The minimum absolute atomic E-state index is 0.0432. The third kappa shape index (κ3) is 4.19. The van der Waals surface area contributed by atoms with Gasteiger partial charge in [-0.3, -0.25) is 9.59 Å². The summed E-state index contributed by atoms with van der Waals surface area (Å²) in [6, 6.07) is 10.4. The van der Waals surface area contributed by atoms with Gasteiger partial charge < -0.3 is 14.7 Å². The van der Waals surface area contributed by atoms with E-state index in [2.05, 4.69) is 29.2 Å². The Bertz CT molecular complexity index is 630. The standard InChI is InChI=1S/C21H31N3O2/c1-21(2,3)20(26)24-11-7-8-17(16-24)19(25)23-14-12-22(13-15-23)18-9-5-4-6-10-18/h4-6,9-10,17H,7-8,11-16H2,1-3H3/t17-/m1/s1. The van der Waals surface area contributed by atoms with Gasteiger partial charge >= 0.3 is 0 Å². The fourth-order valence-electron chi connectivity index (χ4n) is 3.92. The lowest BCUT2D eigenvalue weighted by Crippen LogP contribution is -2.54. The molecule has 2 aliphatic rings. The van der Waals surface area contributed by atoms with Gasteiger partial charge in [-0.05, 0) is 25.0 Å². The van der Waals surface area contributed by atoms with E-state index in [1.807, 2.05) is 36.6 Å². The number of amides is 2. The molecule has 5 nitrogen and oxygen atoms in total. The van der Waals surface area contributed by atoms with Gasteiger partial charge in [0.15, 0.2) is 0 Å². The van der Waals surface area contributed by atoms with Gasteiger partial charge in [-0.2, -0.15) is 0 Å². The molecule has 26 heavy (non-hydrogen) atoms.